The fraction of sp³-hybridized carbons (Fsp3) is 0.333. The van der Waals surface area contributed by atoms with Gasteiger partial charge in [0.25, 0.3) is 0 Å². The third-order valence-electron chi connectivity index (χ3n) is 4.67. The van der Waals surface area contributed by atoms with Gasteiger partial charge in [0.1, 0.15) is 12.5 Å². The number of benzene rings is 1. The molecule has 0 bridgehead atoms. The molecule has 1 atom stereocenters. The van der Waals surface area contributed by atoms with Gasteiger partial charge >= 0.3 is 18.1 Å². The van der Waals surface area contributed by atoms with Crippen molar-refractivity contribution in [3.63, 3.8) is 0 Å². The zero-order valence-corrected chi connectivity index (χ0v) is 19.8. The van der Waals surface area contributed by atoms with Crippen LogP contribution < -0.4 is 16.5 Å². The summed E-state index contributed by atoms with van der Waals surface area (Å²) in [6.45, 7) is 1.40. The quantitative estimate of drug-likeness (QED) is 0.138. The van der Waals surface area contributed by atoms with Crippen LogP contribution in [0, 0.1) is 11.2 Å². The van der Waals surface area contributed by atoms with Crippen LogP contribution in [0.2, 0.25) is 5.02 Å². The molecule has 1 unspecified atom stereocenters. The van der Waals surface area contributed by atoms with Crippen LogP contribution in [0.5, 0.6) is 0 Å². The van der Waals surface area contributed by atoms with Crippen molar-refractivity contribution in [3.05, 3.63) is 56.6 Å². The number of ether oxygens (including phenoxy) is 2. The molecule has 15 heteroatoms. The molecule has 2 rings (SSSR count). The molecule has 0 fully saturated rings. The van der Waals surface area contributed by atoms with Gasteiger partial charge in [-0.2, -0.15) is 18.3 Å². The van der Waals surface area contributed by atoms with Crippen LogP contribution in [0.3, 0.4) is 0 Å². The SMILES string of the molecule is COC(=O)C1=C(CF)NC(C=NNC(=N)N)=C(C(=O)OC(C)C)C1c1c(F)ccc(Cl)c1C(F)(F)F. The second-order valence-electron chi connectivity index (χ2n) is 7.46. The zero-order chi connectivity index (χ0) is 27.4. The summed E-state index contributed by atoms with van der Waals surface area (Å²) < 4.78 is 81.3. The van der Waals surface area contributed by atoms with Crippen LogP contribution in [0.15, 0.2) is 39.8 Å². The number of esters is 2. The first-order valence-electron chi connectivity index (χ1n) is 10.0. The fourth-order valence-electron chi connectivity index (χ4n) is 3.43. The fourth-order valence-corrected chi connectivity index (χ4v) is 3.70. The third kappa shape index (κ3) is 6.11. The highest BCUT2D eigenvalue weighted by molar-refractivity contribution is 6.31. The summed E-state index contributed by atoms with van der Waals surface area (Å²) in [5.74, 6) is -6.96. The normalized spacial score (nSPS) is 16.3. The van der Waals surface area contributed by atoms with Gasteiger partial charge in [-0.1, -0.05) is 11.6 Å². The topological polar surface area (TPSA) is 139 Å². The van der Waals surface area contributed by atoms with Crippen molar-refractivity contribution in [2.75, 3.05) is 13.8 Å². The first-order chi connectivity index (χ1) is 16.7. The lowest BCUT2D eigenvalue weighted by Gasteiger charge is -2.32. The van der Waals surface area contributed by atoms with Crippen LogP contribution in [0.25, 0.3) is 0 Å². The smallest absolute Gasteiger partial charge is 0.418 e. The molecule has 0 radical (unpaired) electrons. The largest absolute Gasteiger partial charge is 0.466 e. The van der Waals surface area contributed by atoms with Crippen molar-refractivity contribution in [1.29, 1.82) is 5.41 Å². The summed E-state index contributed by atoms with van der Waals surface area (Å²) in [5, 5.41) is 12.2. The number of nitrogens with one attached hydrogen (secondary N) is 3. The molecular formula is C21H21ClF5N5O4. The predicted octanol–water partition coefficient (Wildman–Crippen LogP) is 3.26. The molecule has 9 nitrogen and oxygen atoms in total. The number of alkyl halides is 4. The second kappa shape index (κ2) is 11.4. The van der Waals surface area contributed by atoms with Gasteiger partial charge in [0.05, 0.1) is 58.5 Å². The van der Waals surface area contributed by atoms with Gasteiger partial charge in [0, 0.05) is 5.56 Å². The molecule has 0 amide bonds. The molecule has 1 aromatic rings. The number of nitrogens with two attached hydrogens (primary N) is 1. The van der Waals surface area contributed by atoms with Gasteiger partial charge in [-0.25, -0.2) is 23.8 Å². The van der Waals surface area contributed by atoms with Crippen LogP contribution in [-0.2, 0) is 25.2 Å². The van der Waals surface area contributed by atoms with E-state index in [-0.39, 0.29) is 0 Å². The number of carbonyl (C=O) groups is 2. The number of halogens is 6. The lowest BCUT2D eigenvalue weighted by atomic mass is 9.78. The molecule has 36 heavy (non-hydrogen) atoms. The lowest BCUT2D eigenvalue weighted by molar-refractivity contribution is -0.144. The maximum atomic E-state index is 15.2. The van der Waals surface area contributed by atoms with E-state index in [1.807, 2.05) is 5.43 Å². The highest BCUT2D eigenvalue weighted by atomic mass is 35.5. The lowest BCUT2D eigenvalue weighted by Crippen LogP contribution is -2.37. The molecule has 1 aliphatic heterocycles. The van der Waals surface area contributed by atoms with Crippen molar-refractivity contribution >= 4 is 35.7 Å². The number of hydrazone groups is 1. The Morgan fingerprint density at radius 2 is 1.94 bits per heavy atom. The Morgan fingerprint density at radius 3 is 2.44 bits per heavy atom. The standard InChI is InChI=1S/C21H21ClF5N5O4/c1-8(2)36-19(34)15-12(7-30-32-20(28)29)31-11(6-23)14(18(33)35-3)16(15)13-10(24)5-4-9(22)17(13)21(25,26)27/h4-5,7-8,16,31H,6H2,1-3H3,(H4,28,29,32). The van der Waals surface area contributed by atoms with Gasteiger partial charge in [0.2, 0.25) is 5.96 Å². The van der Waals surface area contributed by atoms with E-state index in [0.29, 0.717) is 12.1 Å². The number of dihydropyridines is 1. The molecule has 0 aliphatic carbocycles. The maximum absolute atomic E-state index is 15.2. The number of hydrogen-bond acceptors (Lipinski definition) is 7. The van der Waals surface area contributed by atoms with E-state index in [1.165, 1.54) is 13.8 Å². The van der Waals surface area contributed by atoms with Crippen molar-refractivity contribution in [2.45, 2.75) is 32.0 Å². The van der Waals surface area contributed by atoms with E-state index in [2.05, 4.69) is 15.2 Å². The van der Waals surface area contributed by atoms with Gasteiger partial charge in [-0.15, -0.1) is 0 Å². The highest BCUT2D eigenvalue weighted by Gasteiger charge is 2.47. The van der Waals surface area contributed by atoms with E-state index in [4.69, 9.17) is 27.5 Å². The average molecular weight is 538 g/mol. The predicted molar refractivity (Wildman–Crippen MR) is 119 cm³/mol. The number of nitrogens with zero attached hydrogens (tertiary/aromatic N) is 1. The number of carbonyl (C=O) groups excluding carboxylic acids is 2. The van der Waals surface area contributed by atoms with Crippen LogP contribution in [-0.4, -0.2) is 44.0 Å². The summed E-state index contributed by atoms with van der Waals surface area (Å²) in [4.78, 5) is 25.8. The van der Waals surface area contributed by atoms with Gasteiger partial charge in [-0.3, -0.25) is 5.41 Å². The van der Waals surface area contributed by atoms with Crippen LogP contribution in [0.4, 0.5) is 22.0 Å². The molecule has 0 spiro atoms. The molecular weight excluding hydrogens is 517 g/mol. The first-order valence-corrected chi connectivity index (χ1v) is 10.4. The first kappa shape index (κ1) is 28.6. The van der Waals surface area contributed by atoms with Gasteiger partial charge < -0.3 is 20.5 Å². The summed E-state index contributed by atoms with van der Waals surface area (Å²) in [6.07, 6.45) is -5.28. The van der Waals surface area contributed by atoms with Crippen LogP contribution >= 0.6 is 11.6 Å². The van der Waals surface area contributed by atoms with E-state index in [1.54, 1.807) is 0 Å². The average Bonchev–Trinajstić information content (AvgIpc) is 2.77. The van der Waals surface area contributed by atoms with Crippen molar-refractivity contribution in [1.82, 2.24) is 10.7 Å². The van der Waals surface area contributed by atoms with Crippen molar-refractivity contribution < 1.29 is 41.0 Å². The minimum atomic E-state index is -5.26. The van der Waals surface area contributed by atoms with E-state index >= 15 is 4.39 Å². The summed E-state index contributed by atoms with van der Waals surface area (Å²) in [6, 6.07) is 1.26. The van der Waals surface area contributed by atoms with Crippen molar-refractivity contribution in [2.24, 2.45) is 10.8 Å². The second-order valence-corrected chi connectivity index (χ2v) is 7.86. The van der Waals surface area contributed by atoms with Crippen molar-refractivity contribution in [3.8, 4) is 0 Å². The molecule has 1 heterocycles. The number of hydrogen-bond donors (Lipinski definition) is 4. The van der Waals surface area contributed by atoms with Gasteiger partial charge in [0.15, 0.2) is 0 Å². The van der Waals surface area contributed by atoms with Crippen LogP contribution in [0.1, 0.15) is 30.9 Å². The Bertz CT molecular complexity index is 1160. The van der Waals surface area contributed by atoms with Gasteiger partial charge in [-0.05, 0) is 26.0 Å². The highest BCUT2D eigenvalue weighted by Crippen LogP contribution is 2.47. The molecule has 0 aromatic heterocycles. The van der Waals surface area contributed by atoms with E-state index in [0.717, 1.165) is 13.3 Å². The maximum Gasteiger partial charge on any atom is 0.418 e. The zero-order valence-electron chi connectivity index (χ0n) is 19.0. The summed E-state index contributed by atoms with van der Waals surface area (Å²) in [7, 11) is 0.866. The molecule has 196 valence electrons. The molecule has 1 aromatic carbocycles. The molecule has 0 saturated carbocycles. The molecule has 1 aliphatic rings. The van der Waals surface area contributed by atoms with E-state index in [9.17, 15) is 27.2 Å². The Labute approximate surface area is 206 Å². The number of allylic oxidation sites excluding steroid dienone is 2. The van der Waals surface area contributed by atoms with E-state index < -0.39 is 87.3 Å². The Morgan fingerprint density at radius 1 is 1.31 bits per heavy atom. The molecule has 0 saturated heterocycles. The minimum Gasteiger partial charge on any atom is -0.466 e. The number of rotatable bonds is 7. The Kier molecular flexibility index (Phi) is 9.02. The monoisotopic (exact) mass is 537 g/mol. The summed E-state index contributed by atoms with van der Waals surface area (Å²) in [5.41, 5.74) is 1.57. The summed E-state index contributed by atoms with van der Waals surface area (Å²) >= 11 is 5.79. The number of methoxy groups -OCH3 is 1. The third-order valence-corrected chi connectivity index (χ3v) is 4.99. The number of guanidine groups is 1. The Hall–Kier alpha value is -3.68. The Balaban J connectivity index is 3.07. The molecule has 5 N–H and O–H groups in total. The minimum absolute atomic E-state index is 0.466.